The van der Waals surface area contributed by atoms with Crippen LogP contribution in [0.25, 0.3) is 16.9 Å². The summed E-state index contributed by atoms with van der Waals surface area (Å²) in [6.45, 7) is 6.62. The van der Waals surface area contributed by atoms with E-state index in [9.17, 15) is 9.59 Å². The molecule has 1 aliphatic heterocycles. The van der Waals surface area contributed by atoms with Crippen LogP contribution in [0.1, 0.15) is 30.9 Å². The molecule has 4 rings (SSSR count). The largest absolute Gasteiger partial charge is 0.497 e. The molecule has 1 fully saturated rings. The van der Waals surface area contributed by atoms with E-state index in [-0.39, 0.29) is 24.5 Å². The number of imidazole rings is 1. The van der Waals surface area contributed by atoms with Gasteiger partial charge < -0.3 is 14.4 Å². The molecule has 2 heterocycles. The molecule has 0 radical (unpaired) electrons. The highest BCUT2D eigenvalue weighted by Gasteiger charge is 2.23. The number of aryl methyl sites for hydroxylation is 2. The van der Waals surface area contributed by atoms with Gasteiger partial charge in [0.05, 0.1) is 18.9 Å². The smallest absolute Gasteiger partial charge is 0.246 e. The third-order valence-electron chi connectivity index (χ3n) is 6.34. The van der Waals surface area contributed by atoms with Crippen LogP contribution in [0.2, 0.25) is 0 Å². The van der Waals surface area contributed by atoms with Gasteiger partial charge in [-0.15, -0.1) is 0 Å². The maximum atomic E-state index is 13.0. The molecule has 0 saturated carbocycles. The number of rotatable bonds is 8. The van der Waals surface area contributed by atoms with Crippen molar-refractivity contribution in [1.29, 1.82) is 0 Å². The molecule has 1 aliphatic rings. The first-order valence-corrected chi connectivity index (χ1v) is 11.8. The maximum absolute atomic E-state index is 13.0. The van der Waals surface area contributed by atoms with Gasteiger partial charge in [-0.3, -0.25) is 19.5 Å². The lowest BCUT2D eigenvalue weighted by Crippen LogP contribution is -2.41. The second-order valence-corrected chi connectivity index (χ2v) is 8.90. The predicted octanol–water partition coefficient (Wildman–Crippen LogP) is 4.13. The van der Waals surface area contributed by atoms with Gasteiger partial charge in [0.15, 0.2) is 0 Å². The lowest BCUT2D eigenvalue weighted by molar-refractivity contribution is -0.134. The summed E-state index contributed by atoms with van der Waals surface area (Å²) in [5.41, 5.74) is 4.81. The molecule has 8 heteroatoms. The fourth-order valence-electron chi connectivity index (χ4n) is 4.12. The molecule has 0 bridgehead atoms. The normalized spacial score (nSPS) is 15.1. The summed E-state index contributed by atoms with van der Waals surface area (Å²) in [4.78, 5) is 31.4. The number of amides is 2. The number of carbonyl (C=O) groups is 2. The molecule has 1 atom stereocenters. The quantitative estimate of drug-likeness (QED) is 0.528. The molecule has 1 N–H and O–H groups in total. The van der Waals surface area contributed by atoms with Gasteiger partial charge in [-0.05, 0) is 74.2 Å². The SMILES string of the molecule is COc1ccc(-c2cn(-c3ccc(C)c(C)c3)c(NC(=O)CN(C[C@H]3CCCO3)C(C)=O)n2)cc1. The lowest BCUT2D eigenvalue weighted by atomic mass is 10.1. The van der Waals surface area contributed by atoms with Crippen LogP contribution in [0.3, 0.4) is 0 Å². The number of anilines is 1. The third kappa shape index (κ3) is 5.89. The average Bonchev–Trinajstić information content (AvgIpc) is 3.50. The molecule has 0 spiro atoms. The number of hydrogen-bond donors (Lipinski definition) is 1. The molecule has 1 saturated heterocycles. The van der Waals surface area contributed by atoms with Gasteiger partial charge in [-0.25, -0.2) is 4.98 Å². The molecule has 2 amide bonds. The fraction of sp³-hybridized carbons (Fsp3) is 0.370. The molecule has 1 aromatic heterocycles. The van der Waals surface area contributed by atoms with Crippen LogP contribution in [-0.4, -0.2) is 59.2 Å². The number of benzene rings is 2. The van der Waals surface area contributed by atoms with Crippen molar-refractivity contribution in [3.8, 4) is 22.7 Å². The molecule has 184 valence electrons. The molecule has 0 aliphatic carbocycles. The van der Waals surface area contributed by atoms with Crippen LogP contribution in [0.4, 0.5) is 5.95 Å². The molecule has 8 nitrogen and oxygen atoms in total. The van der Waals surface area contributed by atoms with Crippen molar-refractivity contribution in [3.05, 3.63) is 59.8 Å². The lowest BCUT2D eigenvalue weighted by Gasteiger charge is -2.23. The Kier molecular flexibility index (Phi) is 7.51. The number of carbonyl (C=O) groups excluding carboxylic acids is 2. The first-order valence-electron chi connectivity index (χ1n) is 11.8. The Balaban J connectivity index is 1.60. The molecule has 35 heavy (non-hydrogen) atoms. The van der Waals surface area contributed by atoms with Crippen LogP contribution in [0.5, 0.6) is 5.75 Å². The van der Waals surface area contributed by atoms with Gasteiger partial charge in [0.2, 0.25) is 17.8 Å². The summed E-state index contributed by atoms with van der Waals surface area (Å²) in [5, 5.41) is 2.92. The zero-order valence-corrected chi connectivity index (χ0v) is 20.7. The second kappa shape index (κ2) is 10.7. The van der Waals surface area contributed by atoms with Gasteiger partial charge in [-0.2, -0.15) is 0 Å². The number of methoxy groups -OCH3 is 1. The predicted molar refractivity (Wildman–Crippen MR) is 135 cm³/mol. The highest BCUT2D eigenvalue weighted by atomic mass is 16.5. The number of aromatic nitrogens is 2. The highest BCUT2D eigenvalue weighted by molar-refractivity contribution is 5.93. The summed E-state index contributed by atoms with van der Waals surface area (Å²) in [7, 11) is 1.63. The van der Waals surface area contributed by atoms with E-state index in [1.54, 1.807) is 7.11 Å². The summed E-state index contributed by atoms with van der Waals surface area (Å²) in [6.07, 6.45) is 3.75. The van der Waals surface area contributed by atoms with Crippen molar-refractivity contribution in [1.82, 2.24) is 14.5 Å². The van der Waals surface area contributed by atoms with Crippen LogP contribution >= 0.6 is 0 Å². The summed E-state index contributed by atoms with van der Waals surface area (Å²) in [6, 6.07) is 13.7. The van der Waals surface area contributed by atoms with Crippen molar-refractivity contribution in [3.63, 3.8) is 0 Å². The van der Waals surface area contributed by atoms with Crippen LogP contribution < -0.4 is 10.1 Å². The Morgan fingerprint density at radius 3 is 2.57 bits per heavy atom. The van der Waals surface area contributed by atoms with Crippen LogP contribution in [0, 0.1) is 13.8 Å². The van der Waals surface area contributed by atoms with Gasteiger partial charge in [-0.1, -0.05) is 6.07 Å². The minimum Gasteiger partial charge on any atom is -0.497 e. The van der Waals surface area contributed by atoms with Crippen molar-refractivity contribution in [2.24, 2.45) is 0 Å². The topological polar surface area (TPSA) is 85.7 Å². The van der Waals surface area contributed by atoms with E-state index < -0.39 is 0 Å². The monoisotopic (exact) mass is 476 g/mol. The van der Waals surface area contributed by atoms with Crippen LogP contribution in [-0.2, 0) is 14.3 Å². The number of nitrogens with zero attached hydrogens (tertiary/aromatic N) is 3. The van der Waals surface area contributed by atoms with Gasteiger partial charge >= 0.3 is 0 Å². The first-order chi connectivity index (χ1) is 16.8. The number of ether oxygens (including phenoxy) is 2. The van der Waals surface area contributed by atoms with Crippen molar-refractivity contribution >= 4 is 17.8 Å². The summed E-state index contributed by atoms with van der Waals surface area (Å²) >= 11 is 0. The van der Waals surface area contributed by atoms with E-state index in [0.29, 0.717) is 24.8 Å². The molecule has 2 aromatic carbocycles. The highest BCUT2D eigenvalue weighted by Crippen LogP contribution is 2.27. The molecular formula is C27H32N4O4. The van der Waals surface area contributed by atoms with E-state index in [2.05, 4.69) is 18.3 Å². The zero-order valence-electron chi connectivity index (χ0n) is 20.7. The summed E-state index contributed by atoms with van der Waals surface area (Å²) in [5.74, 6) is 0.679. The Hall–Kier alpha value is -3.65. The van der Waals surface area contributed by atoms with E-state index in [1.165, 1.54) is 17.4 Å². The van der Waals surface area contributed by atoms with E-state index in [0.717, 1.165) is 35.4 Å². The number of nitrogens with one attached hydrogen (secondary N) is 1. The zero-order chi connectivity index (χ0) is 24.9. The Bertz CT molecular complexity index is 1200. The maximum Gasteiger partial charge on any atom is 0.246 e. The number of hydrogen-bond acceptors (Lipinski definition) is 5. The van der Waals surface area contributed by atoms with Crippen molar-refractivity contribution < 1.29 is 19.1 Å². The average molecular weight is 477 g/mol. The van der Waals surface area contributed by atoms with Gasteiger partial charge in [0.25, 0.3) is 0 Å². The third-order valence-corrected chi connectivity index (χ3v) is 6.34. The molecule has 3 aromatic rings. The van der Waals surface area contributed by atoms with Gasteiger partial charge in [0.1, 0.15) is 12.3 Å². The second-order valence-electron chi connectivity index (χ2n) is 8.90. The Morgan fingerprint density at radius 1 is 1.17 bits per heavy atom. The van der Waals surface area contributed by atoms with E-state index in [1.807, 2.05) is 54.1 Å². The minimum absolute atomic E-state index is 0.0223. The molecular weight excluding hydrogens is 444 g/mol. The Labute approximate surface area is 205 Å². The van der Waals surface area contributed by atoms with Crippen molar-refractivity contribution in [2.75, 3.05) is 32.1 Å². The van der Waals surface area contributed by atoms with Crippen molar-refractivity contribution in [2.45, 2.75) is 39.7 Å². The van der Waals surface area contributed by atoms with E-state index in [4.69, 9.17) is 14.5 Å². The first kappa shape index (κ1) is 24.5. The Morgan fingerprint density at radius 2 is 1.94 bits per heavy atom. The molecule has 0 unspecified atom stereocenters. The van der Waals surface area contributed by atoms with Gasteiger partial charge in [0, 0.05) is 37.5 Å². The van der Waals surface area contributed by atoms with E-state index >= 15 is 0 Å². The summed E-state index contributed by atoms with van der Waals surface area (Å²) < 4.78 is 12.8. The minimum atomic E-state index is -0.310. The fourth-order valence-corrected chi connectivity index (χ4v) is 4.12. The standard InChI is InChI=1S/C27H32N4O4/c1-18-7-10-22(14-19(18)2)31-16-25(21-8-11-23(34-4)12-9-21)28-27(31)29-26(33)17-30(20(3)32)15-24-6-5-13-35-24/h7-12,14,16,24H,5-6,13,15,17H2,1-4H3,(H,28,29,33)/t24-/m1/s1. The van der Waals surface area contributed by atoms with Crippen LogP contribution in [0.15, 0.2) is 48.7 Å².